The molecule has 0 amide bonds. The van der Waals surface area contributed by atoms with Crippen LogP contribution in [0.1, 0.15) is 26.7 Å². The van der Waals surface area contributed by atoms with Crippen LogP contribution >= 0.6 is 12.2 Å². The maximum absolute atomic E-state index is 5.35. The van der Waals surface area contributed by atoms with Gasteiger partial charge in [-0.25, -0.2) is 4.98 Å². The van der Waals surface area contributed by atoms with E-state index in [4.69, 9.17) is 12.2 Å². The monoisotopic (exact) mass is 278 g/mol. The number of H-pyrrole nitrogens is 1. The van der Waals surface area contributed by atoms with Crippen LogP contribution in [0.5, 0.6) is 0 Å². The number of nitrogens with one attached hydrogen (secondary N) is 1. The summed E-state index contributed by atoms with van der Waals surface area (Å²) in [5, 5.41) is 0. The number of pyridine rings is 1. The fourth-order valence-electron chi connectivity index (χ4n) is 2.09. The summed E-state index contributed by atoms with van der Waals surface area (Å²) in [6.07, 6.45) is 4.11. The van der Waals surface area contributed by atoms with Crippen LogP contribution < -0.4 is 0 Å². The van der Waals surface area contributed by atoms with Crippen LogP contribution in [0.4, 0.5) is 0 Å². The van der Waals surface area contributed by atoms with Gasteiger partial charge in [-0.2, -0.15) is 0 Å². The molecule has 4 nitrogen and oxygen atoms in total. The van der Waals surface area contributed by atoms with Gasteiger partial charge >= 0.3 is 0 Å². The standard InChI is InChI=1S/C14H22N4S/c1-11(2)17(3)9-4-5-10-18-13-12(16-14(18)19)7-6-8-15-13/h6-8,11H,4-5,9-10H2,1-3H3,(H,16,19). The Bertz CT molecular complexity index is 584. The Labute approximate surface area is 119 Å². The molecule has 0 spiro atoms. The lowest BCUT2D eigenvalue weighted by atomic mass is 10.2. The van der Waals surface area contributed by atoms with E-state index >= 15 is 0 Å². The van der Waals surface area contributed by atoms with Crippen molar-refractivity contribution < 1.29 is 0 Å². The van der Waals surface area contributed by atoms with Gasteiger partial charge in [0.2, 0.25) is 0 Å². The maximum atomic E-state index is 5.35. The second-order valence-corrected chi connectivity index (χ2v) is 5.62. The Hall–Kier alpha value is -1.20. The van der Waals surface area contributed by atoms with Gasteiger partial charge in [-0.1, -0.05) is 0 Å². The number of rotatable bonds is 6. The van der Waals surface area contributed by atoms with Gasteiger partial charge in [-0.05, 0) is 64.6 Å². The summed E-state index contributed by atoms with van der Waals surface area (Å²) >= 11 is 5.35. The van der Waals surface area contributed by atoms with Crippen LogP contribution in [0.3, 0.4) is 0 Å². The molecule has 2 aromatic heterocycles. The van der Waals surface area contributed by atoms with Gasteiger partial charge in [0.05, 0.1) is 5.52 Å². The fourth-order valence-corrected chi connectivity index (χ4v) is 2.37. The highest BCUT2D eigenvalue weighted by atomic mass is 32.1. The molecule has 0 unspecified atom stereocenters. The van der Waals surface area contributed by atoms with E-state index in [-0.39, 0.29) is 0 Å². The first-order valence-corrected chi connectivity index (χ1v) is 7.24. The molecule has 1 N–H and O–H groups in total. The number of aromatic amines is 1. The van der Waals surface area contributed by atoms with Crippen molar-refractivity contribution in [1.82, 2.24) is 19.4 Å². The maximum Gasteiger partial charge on any atom is 0.179 e. The molecular weight excluding hydrogens is 256 g/mol. The summed E-state index contributed by atoms with van der Waals surface area (Å²) in [5.41, 5.74) is 1.98. The SMILES string of the molecule is CC(C)N(C)CCCCn1c(=S)[nH]c2cccnc21. The third-order valence-corrected chi connectivity index (χ3v) is 3.88. The van der Waals surface area contributed by atoms with E-state index < -0.39 is 0 Å². The van der Waals surface area contributed by atoms with E-state index in [1.165, 1.54) is 6.42 Å². The van der Waals surface area contributed by atoms with E-state index in [1.54, 1.807) is 0 Å². The van der Waals surface area contributed by atoms with Crippen molar-refractivity contribution in [3.63, 3.8) is 0 Å². The summed E-state index contributed by atoms with van der Waals surface area (Å²) in [7, 11) is 2.17. The van der Waals surface area contributed by atoms with Crippen molar-refractivity contribution >= 4 is 23.4 Å². The Balaban J connectivity index is 1.95. The average Bonchev–Trinajstić information content (AvgIpc) is 2.70. The molecule has 0 fully saturated rings. The van der Waals surface area contributed by atoms with Gasteiger partial charge in [0, 0.05) is 18.8 Å². The summed E-state index contributed by atoms with van der Waals surface area (Å²) in [6, 6.07) is 4.55. The van der Waals surface area contributed by atoms with Crippen molar-refractivity contribution in [3.8, 4) is 0 Å². The molecule has 0 saturated heterocycles. The highest BCUT2D eigenvalue weighted by molar-refractivity contribution is 7.71. The largest absolute Gasteiger partial charge is 0.329 e. The van der Waals surface area contributed by atoms with Gasteiger partial charge in [0.25, 0.3) is 0 Å². The molecule has 0 aliphatic carbocycles. The Kier molecular flexibility index (Phi) is 4.71. The molecule has 104 valence electrons. The zero-order valence-electron chi connectivity index (χ0n) is 11.9. The number of hydrogen-bond donors (Lipinski definition) is 1. The van der Waals surface area contributed by atoms with Crippen LogP contribution in [0.25, 0.3) is 11.2 Å². The first-order chi connectivity index (χ1) is 9.09. The lowest BCUT2D eigenvalue weighted by Crippen LogP contribution is -2.27. The first kappa shape index (κ1) is 14.2. The highest BCUT2D eigenvalue weighted by Gasteiger charge is 2.05. The molecule has 19 heavy (non-hydrogen) atoms. The molecule has 0 saturated carbocycles. The Morgan fingerprint density at radius 2 is 2.21 bits per heavy atom. The van der Waals surface area contributed by atoms with E-state index in [0.717, 1.165) is 35.4 Å². The molecule has 0 radical (unpaired) electrons. The third-order valence-electron chi connectivity index (χ3n) is 3.55. The second kappa shape index (κ2) is 6.30. The number of aryl methyl sites for hydroxylation is 1. The molecular formula is C14H22N4S. The van der Waals surface area contributed by atoms with Crippen LogP contribution in [-0.4, -0.2) is 39.1 Å². The summed E-state index contributed by atoms with van der Waals surface area (Å²) < 4.78 is 2.87. The lowest BCUT2D eigenvalue weighted by Gasteiger charge is -2.20. The Morgan fingerprint density at radius 1 is 1.42 bits per heavy atom. The summed E-state index contributed by atoms with van der Waals surface area (Å²) in [5.74, 6) is 0. The zero-order chi connectivity index (χ0) is 13.8. The predicted molar refractivity (Wildman–Crippen MR) is 81.9 cm³/mol. The van der Waals surface area contributed by atoms with Crippen molar-refractivity contribution in [2.45, 2.75) is 39.3 Å². The predicted octanol–water partition coefficient (Wildman–Crippen LogP) is 3.21. The molecule has 0 aliphatic heterocycles. The average molecular weight is 278 g/mol. The van der Waals surface area contributed by atoms with Crippen LogP contribution in [-0.2, 0) is 6.54 Å². The number of fused-ring (bicyclic) bond motifs is 1. The minimum absolute atomic E-state index is 0.608. The number of unbranched alkanes of at least 4 members (excludes halogenated alkanes) is 1. The smallest absolute Gasteiger partial charge is 0.179 e. The highest BCUT2D eigenvalue weighted by Crippen LogP contribution is 2.11. The minimum Gasteiger partial charge on any atom is -0.329 e. The van der Waals surface area contributed by atoms with Crippen molar-refractivity contribution in [3.05, 3.63) is 23.1 Å². The second-order valence-electron chi connectivity index (χ2n) is 5.24. The molecule has 0 bridgehead atoms. The third kappa shape index (κ3) is 3.42. The molecule has 2 heterocycles. The Morgan fingerprint density at radius 3 is 2.95 bits per heavy atom. The van der Waals surface area contributed by atoms with Crippen LogP contribution in [0, 0.1) is 4.77 Å². The van der Waals surface area contributed by atoms with Gasteiger partial charge in [-0.3, -0.25) is 0 Å². The van der Waals surface area contributed by atoms with E-state index in [1.807, 2.05) is 18.3 Å². The molecule has 0 atom stereocenters. The molecule has 5 heteroatoms. The molecule has 2 aromatic rings. The van der Waals surface area contributed by atoms with Gasteiger partial charge in [0.15, 0.2) is 10.4 Å². The lowest BCUT2D eigenvalue weighted by molar-refractivity contribution is 0.266. The van der Waals surface area contributed by atoms with Crippen molar-refractivity contribution in [1.29, 1.82) is 0 Å². The topological polar surface area (TPSA) is 36.9 Å². The summed E-state index contributed by atoms with van der Waals surface area (Å²) in [6.45, 7) is 6.50. The molecule has 0 aliphatic rings. The first-order valence-electron chi connectivity index (χ1n) is 6.83. The number of nitrogens with zero attached hydrogens (tertiary/aromatic N) is 3. The van der Waals surface area contributed by atoms with Crippen molar-refractivity contribution in [2.24, 2.45) is 0 Å². The molecule has 2 rings (SSSR count). The van der Waals surface area contributed by atoms with Crippen molar-refractivity contribution in [2.75, 3.05) is 13.6 Å². The zero-order valence-corrected chi connectivity index (χ0v) is 12.7. The molecule has 0 aromatic carbocycles. The van der Waals surface area contributed by atoms with Crippen LogP contribution in [0.2, 0.25) is 0 Å². The quantitative estimate of drug-likeness (QED) is 0.651. The van der Waals surface area contributed by atoms with Gasteiger partial charge < -0.3 is 14.5 Å². The number of hydrogen-bond acceptors (Lipinski definition) is 3. The van der Waals surface area contributed by atoms with Gasteiger partial charge in [0.1, 0.15) is 0 Å². The number of imidazole rings is 1. The van der Waals surface area contributed by atoms with E-state index in [2.05, 4.69) is 40.3 Å². The minimum atomic E-state index is 0.608. The fraction of sp³-hybridized carbons (Fsp3) is 0.571. The van der Waals surface area contributed by atoms with E-state index in [9.17, 15) is 0 Å². The number of aromatic nitrogens is 3. The summed E-state index contributed by atoms with van der Waals surface area (Å²) in [4.78, 5) is 9.97. The van der Waals surface area contributed by atoms with Gasteiger partial charge in [-0.15, -0.1) is 0 Å². The van der Waals surface area contributed by atoms with Crippen LogP contribution in [0.15, 0.2) is 18.3 Å². The van der Waals surface area contributed by atoms with E-state index in [0.29, 0.717) is 6.04 Å². The normalized spacial score (nSPS) is 11.8.